The molecular weight excluding hydrogens is 352 g/mol. The standard InChI is InChI=1S/C23H22N2O3/c1-13-5-2-3-8-18(13)24-21(26)16-6-4-7-17(12-16)25-22(27)19-14-9-10-15(11-14)20(19)23(25)28/h2-8,12,14-15,19-20H,9-11H2,1H3,(H,24,26)/t14-,15+,19-,20-/m0/s1. The summed E-state index contributed by atoms with van der Waals surface area (Å²) in [5.74, 6) is -0.0350. The van der Waals surface area contributed by atoms with Crippen molar-refractivity contribution in [2.75, 3.05) is 10.2 Å². The molecule has 1 saturated heterocycles. The average molecular weight is 374 g/mol. The molecule has 2 aromatic carbocycles. The van der Waals surface area contributed by atoms with E-state index in [4.69, 9.17) is 0 Å². The van der Waals surface area contributed by atoms with E-state index in [2.05, 4.69) is 5.32 Å². The summed E-state index contributed by atoms with van der Waals surface area (Å²) in [5, 5.41) is 2.90. The molecule has 142 valence electrons. The van der Waals surface area contributed by atoms with Gasteiger partial charge in [-0.2, -0.15) is 0 Å². The molecule has 28 heavy (non-hydrogen) atoms. The smallest absolute Gasteiger partial charge is 0.255 e. The molecule has 2 bridgehead atoms. The molecule has 2 aliphatic carbocycles. The van der Waals surface area contributed by atoms with Crippen molar-refractivity contribution in [2.45, 2.75) is 26.2 Å². The minimum atomic E-state index is -0.254. The van der Waals surface area contributed by atoms with Crippen LogP contribution in [0.1, 0.15) is 35.2 Å². The van der Waals surface area contributed by atoms with E-state index in [0.717, 1.165) is 30.5 Å². The molecular formula is C23H22N2O3. The second-order valence-electron chi connectivity index (χ2n) is 8.22. The highest BCUT2D eigenvalue weighted by Crippen LogP contribution is 2.56. The maximum absolute atomic E-state index is 13.0. The minimum Gasteiger partial charge on any atom is -0.322 e. The molecule has 0 aromatic heterocycles. The van der Waals surface area contributed by atoms with Gasteiger partial charge in [-0.1, -0.05) is 24.3 Å². The fraction of sp³-hybridized carbons (Fsp3) is 0.348. The number of anilines is 2. The normalized spacial score (nSPS) is 28.0. The zero-order valence-electron chi connectivity index (χ0n) is 15.7. The summed E-state index contributed by atoms with van der Waals surface area (Å²) in [6.07, 6.45) is 3.12. The van der Waals surface area contributed by atoms with Crippen LogP contribution in [-0.2, 0) is 9.59 Å². The summed E-state index contributed by atoms with van der Waals surface area (Å²) in [5.41, 5.74) is 2.65. The average Bonchev–Trinajstić information content (AvgIpc) is 3.37. The highest BCUT2D eigenvalue weighted by atomic mass is 16.2. The van der Waals surface area contributed by atoms with Crippen LogP contribution in [0.4, 0.5) is 11.4 Å². The number of rotatable bonds is 3. The lowest BCUT2D eigenvalue weighted by atomic mass is 9.81. The number of nitrogens with one attached hydrogen (secondary N) is 1. The largest absolute Gasteiger partial charge is 0.322 e. The molecule has 4 atom stereocenters. The van der Waals surface area contributed by atoms with E-state index < -0.39 is 0 Å². The van der Waals surface area contributed by atoms with Crippen LogP contribution in [0.2, 0.25) is 0 Å². The van der Waals surface area contributed by atoms with Gasteiger partial charge in [-0.05, 0) is 67.9 Å². The topological polar surface area (TPSA) is 66.5 Å². The maximum atomic E-state index is 13.0. The molecule has 0 radical (unpaired) electrons. The SMILES string of the molecule is Cc1ccccc1NC(=O)c1cccc(N2C(=O)[C@H]3[C@@H]4CC[C@@H](C4)[C@@H]3C2=O)c1. The van der Waals surface area contributed by atoms with Gasteiger partial charge in [0, 0.05) is 11.3 Å². The van der Waals surface area contributed by atoms with Crippen molar-refractivity contribution in [3.05, 3.63) is 59.7 Å². The molecule has 1 heterocycles. The Morgan fingerprint density at radius 2 is 1.64 bits per heavy atom. The van der Waals surface area contributed by atoms with Crippen molar-refractivity contribution in [1.29, 1.82) is 0 Å². The van der Waals surface area contributed by atoms with E-state index in [1.54, 1.807) is 24.3 Å². The van der Waals surface area contributed by atoms with Crippen molar-refractivity contribution in [3.8, 4) is 0 Å². The first-order valence-electron chi connectivity index (χ1n) is 9.89. The van der Waals surface area contributed by atoms with Crippen molar-refractivity contribution >= 4 is 29.1 Å². The fourth-order valence-electron chi connectivity index (χ4n) is 5.36. The Morgan fingerprint density at radius 1 is 0.964 bits per heavy atom. The van der Waals surface area contributed by atoms with Gasteiger partial charge in [0.15, 0.2) is 0 Å². The van der Waals surface area contributed by atoms with Crippen LogP contribution in [0.15, 0.2) is 48.5 Å². The van der Waals surface area contributed by atoms with Gasteiger partial charge in [0.2, 0.25) is 11.8 Å². The lowest BCUT2D eigenvalue weighted by molar-refractivity contribution is -0.123. The number of para-hydroxylation sites is 1. The van der Waals surface area contributed by atoms with E-state index in [-0.39, 0.29) is 29.6 Å². The number of aryl methyl sites for hydroxylation is 1. The van der Waals surface area contributed by atoms with Gasteiger partial charge in [0.05, 0.1) is 17.5 Å². The van der Waals surface area contributed by atoms with Crippen LogP contribution in [-0.4, -0.2) is 17.7 Å². The number of benzene rings is 2. The zero-order chi connectivity index (χ0) is 19.4. The van der Waals surface area contributed by atoms with E-state index >= 15 is 0 Å². The van der Waals surface area contributed by atoms with E-state index in [1.807, 2.05) is 31.2 Å². The molecule has 2 aromatic rings. The van der Waals surface area contributed by atoms with Crippen molar-refractivity contribution in [2.24, 2.45) is 23.7 Å². The molecule has 1 aliphatic heterocycles. The van der Waals surface area contributed by atoms with Gasteiger partial charge < -0.3 is 5.32 Å². The van der Waals surface area contributed by atoms with Crippen LogP contribution >= 0.6 is 0 Å². The summed E-state index contributed by atoms with van der Waals surface area (Å²) in [6.45, 7) is 1.93. The summed E-state index contributed by atoms with van der Waals surface area (Å²) < 4.78 is 0. The summed E-state index contributed by atoms with van der Waals surface area (Å²) in [6, 6.07) is 14.4. The molecule has 2 saturated carbocycles. The quantitative estimate of drug-likeness (QED) is 0.832. The predicted molar refractivity (Wildman–Crippen MR) is 106 cm³/mol. The van der Waals surface area contributed by atoms with Crippen molar-refractivity contribution in [3.63, 3.8) is 0 Å². The number of hydrogen-bond donors (Lipinski definition) is 1. The summed E-state index contributed by atoms with van der Waals surface area (Å²) in [7, 11) is 0. The van der Waals surface area contributed by atoms with Gasteiger partial charge in [-0.25, -0.2) is 0 Å². The third-order valence-corrected chi connectivity index (χ3v) is 6.69. The minimum absolute atomic E-state index is 0.0846. The predicted octanol–water partition coefficient (Wildman–Crippen LogP) is 3.78. The van der Waals surface area contributed by atoms with E-state index in [0.29, 0.717) is 23.1 Å². The first kappa shape index (κ1) is 17.2. The Balaban J connectivity index is 1.42. The Kier molecular flexibility index (Phi) is 3.86. The number of fused-ring (bicyclic) bond motifs is 5. The second kappa shape index (κ2) is 6.30. The number of carbonyl (C=O) groups is 3. The first-order valence-corrected chi connectivity index (χ1v) is 9.89. The molecule has 0 unspecified atom stereocenters. The monoisotopic (exact) mass is 374 g/mol. The Labute approximate surface area is 163 Å². The number of amides is 3. The molecule has 3 aliphatic rings. The van der Waals surface area contributed by atoms with Crippen molar-refractivity contribution < 1.29 is 14.4 Å². The zero-order valence-corrected chi connectivity index (χ0v) is 15.7. The molecule has 3 fully saturated rings. The molecule has 5 nitrogen and oxygen atoms in total. The van der Waals surface area contributed by atoms with Crippen molar-refractivity contribution in [1.82, 2.24) is 0 Å². The van der Waals surface area contributed by atoms with Crippen LogP contribution in [0.5, 0.6) is 0 Å². The van der Waals surface area contributed by atoms with Gasteiger partial charge in [0.25, 0.3) is 5.91 Å². The fourth-order valence-corrected chi connectivity index (χ4v) is 5.36. The Hall–Kier alpha value is -2.95. The van der Waals surface area contributed by atoms with Crippen LogP contribution in [0.3, 0.4) is 0 Å². The van der Waals surface area contributed by atoms with Crippen LogP contribution < -0.4 is 10.2 Å². The first-order chi connectivity index (χ1) is 13.5. The number of carbonyl (C=O) groups excluding carboxylic acids is 3. The molecule has 0 spiro atoms. The van der Waals surface area contributed by atoms with Gasteiger partial charge >= 0.3 is 0 Å². The maximum Gasteiger partial charge on any atom is 0.255 e. The molecule has 5 heteroatoms. The van der Waals surface area contributed by atoms with Crippen LogP contribution in [0, 0.1) is 30.6 Å². The lowest BCUT2D eigenvalue weighted by Gasteiger charge is -2.19. The van der Waals surface area contributed by atoms with Crippen LogP contribution in [0.25, 0.3) is 0 Å². The van der Waals surface area contributed by atoms with Gasteiger partial charge in [-0.15, -0.1) is 0 Å². The summed E-state index contributed by atoms with van der Waals surface area (Å²) in [4.78, 5) is 40.0. The molecule has 3 amide bonds. The third kappa shape index (κ3) is 2.49. The summed E-state index contributed by atoms with van der Waals surface area (Å²) >= 11 is 0. The van der Waals surface area contributed by atoms with Gasteiger partial charge in [0.1, 0.15) is 0 Å². The van der Waals surface area contributed by atoms with Gasteiger partial charge in [-0.3, -0.25) is 19.3 Å². The van der Waals surface area contributed by atoms with E-state index in [1.165, 1.54) is 4.90 Å². The molecule has 5 rings (SSSR count). The molecule has 1 N–H and O–H groups in total. The lowest BCUT2D eigenvalue weighted by Crippen LogP contribution is -2.33. The second-order valence-corrected chi connectivity index (χ2v) is 8.22. The highest BCUT2D eigenvalue weighted by Gasteiger charge is 2.61. The van der Waals surface area contributed by atoms with E-state index in [9.17, 15) is 14.4 Å². The Morgan fingerprint density at radius 3 is 2.32 bits per heavy atom. The number of hydrogen-bond acceptors (Lipinski definition) is 3. The number of nitrogens with zero attached hydrogens (tertiary/aromatic N) is 1. The highest BCUT2D eigenvalue weighted by molar-refractivity contribution is 6.23. The number of imide groups is 1. The Bertz CT molecular complexity index is 971. The third-order valence-electron chi connectivity index (χ3n) is 6.69.